The van der Waals surface area contributed by atoms with Crippen LogP contribution in [0.4, 0.5) is 18.0 Å². The van der Waals surface area contributed by atoms with Crippen molar-refractivity contribution in [3.05, 3.63) is 0 Å². The van der Waals surface area contributed by atoms with Crippen LogP contribution < -0.4 is 0 Å². The summed E-state index contributed by atoms with van der Waals surface area (Å²) in [6, 6.07) is 0. The van der Waals surface area contributed by atoms with E-state index in [0.717, 1.165) is 0 Å². The second-order valence-corrected chi connectivity index (χ2v) is 7.88. The maximum Gasteiger partial charge on any atom is 0.410 e. The zero-order valence-electron chi connectivity index (χ0n) is 15.1. The second kappa shape index (κ2) is 7.41. The third kappa shape index (κ3) is 5.51. The van der Waals surface area contributed by atoms with Gasteiger partial charge in [0, 0.05) is 32.1 Å². The molecule has 2 heterocycles. The number of carbonyl (C=O) groups is 2. The zero-order chi connectivity index (χ0) is 18.8. The molecule has 0 spiro atoms. The Balaban J connectivity index is 1.79. The van der Waals surface area contributed by atoms with Gasteiger partial charge >= 0.3 is 12.3 Å². The number of rotatable bonds is 1. The van der Waals surface area contributed by atoms with Gasteiger partial charge < -0.3 is 14.5 Å². The van der Waals surface area contributed by atoms with Crippen LogP contribution in [0.2, 0.25) is 0 Å². The molecule has 0 radical (unpaired) electrons. The molecule has 2 aliphatic heterocycles. The first-order chi connectivity index (χ1) is 11.5. The van der Waals surface area contributed by atoms with Crippen molar-refractivity contribution < 1.29 is 27.5 Å². The average Bonchev–Trinajstić information content (AvgIpc) is 2.52. The van der Waals surface area contributed by atoms with Crippen LogP contribution in [0.25, 0.3) is 0 Å². The van der Waals surface area contributed by atoms with Crippen LogP contribution in [0.3, 0.4) is 0 Å². The van der Waals surface area contributed by atoms with Crippen molar-refractivity contribution in [1.29, 1.82) is 0 Å². The lowest BCUT2D eigenvalue weighted by molar-refractivity contribution is -0.187. The van der Waals surface area contributed by atoms with Gasteiger partial charge in [-0.3, -0.25) is 4.79 Å². The van der Waals surface area contributed by atoms with E-state index >= 15 is 0 Å². The van der Waals surface area contributed by atoms with E-state index in [-0.39, 0.29) is 43.8 Å². The highest BCUT2D eigenvalue weighted by atomic mass is 19.4. The number of hydrogen-bond acceptors (Lipinski definition) is 3. The minimum atomic E-state index is -4.17. The molecule has 25 heavy (non-hydrogen) atoms. The Hall–Kier alpha value is -1.47. The van der Waals surface area contributed by atoms with Gasteiger partial charge in [-0.05, 0) is 46.5 Å². The van der Waals surface area contributed by atoms with Crippen molar-refractivity contribution in [2.24, 2.45) is 11.8 Å². The van der Waals surface area contributed by atoms with E-state index in [2.05, 4.69) is 0 Å². The molecule has 144 valence electrons. The Morgan fingerprint density at radius 1 is 0.880 bits per heavy atom. The van der Waals surface area contributed by atoms with Crippen molar-refractivity contribution >= 4 is 12.0 Å². The lowest BCUT2D eigenvalue weighted by atomic mass is 9.92. The molecule has 8 heteroatoms. The molecule has 0 aromatic heterocycles. The Labute approximate surface area is 146 Å². The molecule has 2 amide bonds. The smallest absolute Gasteiger partial charge is 0.410 e. The Bertz CT molecular complexity index is 486. The first-order valence-electron chi connectivity index (χ1n) is 8.81. The predicted molar refractivity (Wildman–Crippen MR) is 85.9 cm³/mol. The van der Waals surface area contributed by atoms with E-state index in [1.54, 1.807) is 30.6 Å². The van der Waals surface area contributed by atoms with Crippen LogP contribution in [0.1, 0.15) is 46.5 Å². The number of ether oxygens (including phenoxy) is 1. The molecule has 2 saturated heterocycles. The number of likely N-dealkylation sites (tertiary alicyclic amines) is 2. The molecule has 0 aromatic carbocycles. The standard InChI is InChI=1S/C17H27F3N2O3/c1-16(2,3)25-15(24)22-8-4-12(5-9-22)14(23)21-10-6-13(7-11-21)17(18,19)20/h12-13H,4-11H2,1-3H3. The fourth-order valence-corrected chi connectivity index (χ4v) is 3.32. The summed E-state index contributed by atoms with van der Waals surface area (Å²) in [7, 11) is 0. The molecule has 0 aliphatic carbocycles. The minimum absolute atomic E-state index is 0.0218. The fraction of sp³-hybridized carbons (Fsp3) is 0.882. The lowest BCUT2D eigenvalue weighted by Crippen LogP contribution is -2.48. The normalized spacial score (nSPS) is 21.4. The van der Waals surface area contributed by atoms with Crippen molar-refractivity contribution in [3.63, 3.8) is 0 Å². The molecule has 0 saturated carbocycles. The molecule has 0 N–H and O–H groups in total. The predicted octanol–water partition coefficient (Wildman–Crippen LogP) is 3.43. The van der Waals surface area contributed by atoms with Gasteiger partial charge in [-0.2, -0.15) is 13.2 Å². The van der Waals surface area contributed by atoms with Crippen LogP contribution >= 0.6 is 0 Å². The number of piperidine rings is 2. The molecule has 2 aliphatic rings. The van der Waals surface area contributed by atoms with Crippen LogP contribution in [0.15, 0.2) is 0 Å². The molecular formula is C17H27F3N2O3. The third-order valence-corrected chi connectivity index (χ3v) is 4.77. The maximum atomic E-state index is 12.7. The molecule has 5 nitrogen and oxygen atoms in total. The van der Waals surface area contributed by atoms with Gasteiger partial charge in [0.25, 0.3) is 0 Å². The molecule has 2 rings (SSSR count). The second-order valence-electron chi connectivity index (χ2n) is 7.88. The minimum Gasteiger partial charge on any atom is -0.444 e. The van der Waals surface area contributed by atoms with E-state index in [1.807, 2.05) is 0 Å². The summed E-state index contributed by atoms with van der Waals surface area (Å²) >= 11 is 0. The number of amides is 2. The van der Waals surface area contributed by atoms with Crippen molar-refractivity contribution in [2.45, 2.75) is 58.2 Å². The summed E-state index contributed by atoms with van der Waals surface area (Å²) in [6.45, 7) is 6.59. The van der Waals surface area contributed by atoms with Gasteiger partial charge in [-0.1, -0.05) is 0 Å². The lowest BCUT2D eigenvalue weighted by Gasteiger charge is -2.37. The molecule has 0 bridgehead atoms. The Kier molecular flexibility index (Phi) is 5.89. The SMILES string of the molecule is CC(C)(C)OC(=O)N1CCC(C(=O)N2CCC(C(F)(F)F)CC2)CC1. The molecule has 0 unspecified atom stereocenters. The van der Waals surface area contributed by atoms with Gasteiger partial charge in [0.15, 0.2) is 0 Å². The van der Waals surface area contributed by atoms with Crippen LogP contribution in [0, 0.1) is 11.8 Å². The monoisotopic (exact) mass is 364 g/mol. The summed E-state index contributed by atoms with van der Waals surface area (Å²) in [5.41, 5.74) is -0.563. The largest absolute Gasteiger partial charge is 0.444 e. The number of alkyl halides is 3. The van der Waals surface area contributed by atoms with Crippen LogP contribution in [-0.4, -0.2) is 59.8 Å². The highest BCUT2D eigenvalue weighted by molar-refractivity contribution is 5.79. The van der Waals surface area contributed by atoms with Gasteiger partial charge in [0.2, 0.25) is 5.91 Å². The number of nitrogens with zero attached hydrogens (tertiary/aromatic N) is 2. The number of hydrogen-bond donors (Lipinski definition) is 0. The van der Waals surface area contributed by atoms with E-state index < -0.39 is 17.7 Å². The van der Waals surface area contributed by atoms with Crippen molar-refractivity contribution in [1.82, 2.24) is 9.80 Å². The summed E-state index contributed by atoms with van der Waals surface area (Å²) in [6.07, 6.45) is -3.55. The fourth-order valence-electron chi connectivity index (χ4n) is 3.32. The van der Waals surface area contributed by atoms with E-state index in [1.165, 1.54) is 0 Å². The number of carbonyl (C=O) groups excluding carboxylic acids is 2. The average molecular weight is 364 g/mol. The van der Waals surface area contributed by atoms with Gasteiger partial charge in [0.1, 0.15) is 5.60 Å². The van der Waals surface area contributed by atoms with E-state index in [4.69, 9.17) is 4.74 Å². The number of halogens is 3. The molecule has 0 aromatic rings. The quantitative estimate of drug-likeness (QED) is 0.716. The summed E-state index contributed by atoms with van der Waals surface area (Å²) in [5.74, 6) is -1.60. The molecule has 2 fully saturated rings. The molecular weight excluding hydrogens is 337 g/mol. The first-order valence-corrected chi connectivity index (χ1v) is 8.81. The highest BCUT2D eigenvalue weighted by Gasteiger charge is 2.42. The topological polar surface area (TPSA) is 49.9 Å². The van der Waals surface area contributed by atoms with Crippen LogP contribution in [-0.2, 0) is 9.53 Å². The van der Waals surface area contributed by atoms with Crippen molar-refractivity contribution in [3.8, 4) is 0 Å². The maximum absolute atomic E-state index is 12.7. The van der Waals surface area contributed by atoms with E-state index in [0.29, 0.717) is 25.9 Å². The Morgan fingerprint density at radius 2 is 1.36 bits per heavy atom. The van der Waals surface area contributed by atoms with Crippen molar-refractivity contribution in [2.75, 3.05) is 26.2 Å². The Morgan fingerprint density at radius 3 is 1.80 bits per heavy atom. The zero-order valence-corrected chi connectivity index (χ0v) is 15.1. The summed E-state index contributed by atoms with van der Waals surface area (Å²) < 4.78 is 43.4. The van der Waals surface area contributed by atoms with Crippen LogP contribution in [0.5, 0.6) is 0 Å². The summed E-state index contributed by atoms with van der Waals surface area (Å²) in [4.78, 5) is 27.7. The highest BCUT2D eigenvalue weighted by Crippen LogP contribution is 2.34. The third-order valence-electron chi connectivity index (χ3n) is 4.77. The summed E-state index contributed by atoms with van der Waals surface area (Å²) in [5, 5.41) is 0. The van der Waals surface area contributed by atoms with Gasteiger partial charge in [0.05, 0.1) is 5.92 Å². The van der Waals surface area contributed by atoms with Gasteiger partial charge in [-0.25, -0.2) is 4.79 Å². The molecule has 0 atom stereocenters. The van der Waals surface area contributed by atoms with E-state index in [9.17, 15) is 22.8 Å². The van der Waals surface area contributed by atoms with Gasteiger partial charge in [-0.15, -0.1) is 0 Å². The first kappa shape index (κ1) is 19.8.